The Bertz CT molecular complexity index is 1280. The predicted molar refractivity (Wildman–Crippen MR) is 112 cm³/mol. The van der Waals surface area contributed by atoms with Crippen molar-refractivity contribution in [3.05, 3.63) is 77.2 Å². The summed E-state index contributed by atoms with van der Waals surface area (Å²) < 4.78 is 58.8. The van der Waals surface area contributed by atoms with Gasteiger partial charge in [0.05, 0.1) is 16.4 Å². The Morgan fingerprint density at radius 2 is 1.85 bits per heavy atom. The first kappa shape index (κ1) is 22.3. The molecule has 0 atom stereocenters. The van der Waals surface area contributed by atoms with Crippen LogP contribution in [-0.2, 0) is 11.0 Å². The van der Waals surface area contributed by atoms with Crippen molar-refractivity contribution in [1.29, 1.82) is 0 Å². The van der Waals surface area contributed by atoms with Crippen molar-refractivity contribution in [2.75, 3.05) is 11.9 Å². The summed E-state index contributed by atoms with van der Waals surface area (Å²) in [6, 6.07) is 13.9. The van der Waals surface area contributed by atoms with Crippen LogP contribution >= 0.6 is 11.6 Å². The molecule has 12 heteroatoms. The molecule has 0 saturated heterocycles. The van der Waals surface area contributed by atoms with E-state index >= 15 is 0 Å². The van der Waals surface area contributed by atoms with E-state index in [-0.39, 0.29) is 22.4 Å². The van der Waals surface area contributed by atoms with Crippen molar-refractivity contribution in [3.63, 3.8) is 0 Å². The van der Waals surface area contributed by atoms with Crippen LogP contribution in [0.4, 0.5) is 23.4 Å². The Morgan fingerprint density at radius 3 is 2.55 bits per heavy atom. The second-order valence-corrected chi connectivity index (χ2v) is 7.15. The monoisotopic (exact) mass is 479 g/mol. The first-order chi connectivity index (χ1) is 15.7. The maximum absolute atomic E-state index is 13.2. The van der Waals surface area contributed by atoms with E-state index in [9.17, 15) is 22.4 Å². The molecule has 4 rings (SSSR count). The number of ether oxygens (including phenoxy) is 1. The average molecular weight is 480 g/mol. The van der Waals surface area contributed by atoms with E-state index in [1.165, 1.54) is 42.5 Å². The lowest BCUT2D eigenvalue weighted by molar-refractivity contribution is -0.141. The molecule has 0 radical (unpaired) electrons. The zero-order chi connectivity index (χ0) is 23.6. The molecule has 170 valence electrons. The third-order valence-corrected chi connectivity index (χ3v) is 4.71. The highest BCUT2D eigenvalue weighted by atomic mass is 35.5. The van der Waals surface area contributed by atoms with Gasteiger partial charge >= 0.3 is 6.18 Å². The molecule has 4 aromatic rings. The van der Waals surface area contributed by atoms with Crippen LogP contribution in [0, 0.1) is 5.82 Å². The number of halogens is 5. The molecule has 0 unspecified atom stereocenters. The van der Waals surface area contributed by atoms with Crippen molar-refractivity contribution in [3.8, 4) is 22.8 Å². The smallest absolute Gasteiger partial charge is 0.435 e. The Morgan fingerprint density at radius 1 is 1.12 bits per heavy atom. The lowest BCUT2D eigenvalue weighted by Gasteiger charge is -2.10. The van der Waals surface area contributed by atoms with Gasteiger partial charge in [0, 0.05) is 17.7 Å². The highest BCUT2D eigenvalue weighted by Crippen LogP contribution is 2.33. The number of H-pyrrole nitrogens is 1. The Kier molecular flexibility index (Phi) is 6.05. The molecule has 7 nitrogen and oxygen atoms in total. The van der Waals surface area contributed by atoms with Crippen molar-refractivity contribution in [2.24, 2.45) is 0 Å². The van der Waals surface area contributed by atoms with E-state index in [1.54, 1.807) is 12.1 Å². The van der Waals surface area contributed by atoms with Gasteiger partial charge in [0.1, 0.15) is 11.6 Å². The van der Waals surface area contributed by atoms with Gasteiger partial charge in [0.2, 0.25) is 5.88 Å². The van der Waals surface area contributed by atoms with E-state index in [0.29, 0.717) is 17.3 Å². The van der Waals surface area contributed by atoms with Gasteiger partial charge in [0.15, 0.2) is 12.3 Å². The molecule has 0 aliphatic heterocycles. The fourth-order valence-corrected chi connectivity index (χ4v) is 3.10. The van der Waals surface area contributed by atoms with E-state index in [1.807, 2.05) is 0 Å². The van der Waals surface area contributed by atoms with E-state index in [2.05, 4.69) is 20.6 Å². The summed E-state index contributed by atoms with van der Waals surface area (Å²) in [5, 5.41) is 12.8. The molecule has 33 heavy (non-hydrogen) atoms. The molecule has 1 amide bonds. The minimum atomic E-state index is -4.72. The molecule has 2 N–H and O–H groups in total. The third-order valence-electron chi connectivity index (χ3n) is 4.39. The maximum Gasteiger partial charge on any atom is 0.435 e. The minimum Gasteiger partial charge on any atom is -0.467 e. The quantitative estimate of drug-likeness (QED) is 0.377. The SMILES string of the molecule is O=C(COc1cc(C(F)(F)F)nn1-c1ccccc1Cl)Nc1cc(-c2ccc(F)cc2)n[nH]1. The lowest BCUT2D eigenvalue weighted by Crippen LogP contribution is -2.21. The molecule has 0 aliphatic carbocycles. The van der Waals surface area contributed by atoms with Crippen LogP contribution in [-0.4, -0.2) is 32.5 Å². The van der Waals surface area contributed by atoms with Crippen LogP contribution in [0.5, 0.6) is 5.88 Å². The van der Waals surface area contributed by atoms with Gasteiger partial charge in [-0.15, -0.1) is 0 Å². The number of aromatic amines is 1. The zero-order valence-corrected chi connectivity index (χ0v) is 17.3. The molecule has 0 bridgehead atoms. The topological polar surface area (TPSA) is 84.8 Å². The Balaban J connectivity index is 1.48. The molecule has 2 aromatic carbocycles. The van der Waals surface area contributed by atoms with Gasteiger partial charge in [0.25, 0.3) is 5.91 Å². The van der Waals surface area contributed by atoms with Crippen LogP contribution in [0.15, 0.2) is 60.7 Å². The Hall–Kier alpha value is -3.86. The van der Waals surface area contributed by atoms with E-state index < -0.39 is 30.2 Å². The van der Waals surface area contributed by atoms with Gasteiger partial charge < -0.3 is 10.1 Å². The Labute approximate surface area is 188 Å². The molecular weight excluding hydrogens is 466 g/mol. The van der Waals surface area contributed by atoms with Gasteiger partial charge in [-0.3, -0.25) is 9.89 Å². The fraction of sp³-hybridized carbons (Fsp3) is 0.0952. The summed E-state index contributed by atoms with van der Waals surface area (Å²) in [6.45, 7) is -0.613. The second kappa shape index (κ2) is 8.94. The number of benzene rings is 2. The summed E-state index contributed by atoms with van der Waals surface area (Å²) in [5.74, 6) is -1.16. The molecule has 2 aromatic heterocycles. The van der Waals surface area contributed by atoms with Crippen LogP contribution < -0.4 is 10.1 Å². The maximum atomic E-state index is 13.2. The number of nitrogens with zero attached hydrogens (tertiary/aromatic N) is 3. The van der Waals surface area contributed by atoms with E-state index in [4.69, 9.17) is 16.3 Å². The van der Waals surface area contributed by atoms with Crippen LogP contribution in [0.3, 0.4) is 0 Å². The van der Waals surface area contributed by atoms with Crippen molar-refractivity contribution < 1.29 is 27.1 Å². The number of rotatable bonds is 6. The molecule has 2 heterocycles. The normalized spacial score (nSPS) is 11.4. The van der Waals surface area contributed by atoms with Crippen molar-refractivity contribution >= 4 is 23.3 Å². The summed E-state index contributed by atoms with van der Waals surface area (Å²) >= 11 is 6.08. The molecule has 0 spiro atoms. The third kappa shape index (κ3) is 5.14. The number of alkyl halides is 3. The number of para-hydroxylation sites is 1. The fourth-order valence-electron chi connectivity index (χ4n) is 2.88. The van der Waals surface area contributed by atoms with Gasteiger partial charge in [-0.25, -0.2) is 4.39 Å². The van der Waals surface area contributed by atoms with Crippen molar-refractivity contribution in [1.82, 2.24) is 20.0 Å². The molecule has 0 fully saturated rings. The molecule has 0 aliphatic rings. The van der Waals surface area contributed by atoms with Crippen LogP contribution in [0.25, 0.3) is 16.9 Å². The highest BCUT2D eigenvalue weighted by molar-refractivity contribution is 6.32. The number of aromatic nitrogens is 4. The predicted octanol–water partition coefficient (Wildman–Crippen LogP) is 5.09. The highest BCUT2D eigenvalue weighted by Gasteiger charge is 2.36. The first-order valence-electron chi connectivity index (χ1n) is 9.37. The first-order valence-corrected chi connectivity index (χ1v) is 9.74. The van der Waals surface area contributed by atoms with Crippen molar-refractivity contribution in [2.45, 2.75) is 6.18 Å². The van der Waals surface area contributed by atoms with E-state index in [0.717, 1.165) is 4.68 Å². The number of nitrogens with one attached hydrogen (secondary N) is 2. The average Bonchev–Trinajstić information content (AvgIpc) is 3.40. The van der Waals surface area contributed by atoms with Gasteiger partial charge in [-0.05, 0) is 36.4 Å². The van der Waals surface area contributed by atoms with Gasteiger partial charge in [-0.2, -0.15) is 28.1 Å². The summed E-state index contributed by atoms with van der Waals surface area (Å²) in [5.41, 5.74) is 0.0310. The summed E-state index contributed by atoms with van der Waals surface area (Å²) in [7, 11) is 0. The number of hydrogen-bond donors (Lipinski definition) is 2. The molecular formula is C21H14ClF4N5O2. The van der Waals surface area contributed by atoms with Crippen LogP contribution in [0.2, 0.25) is 5.02 Å². The standard InChI is InChI=1S/C21H14ClF4N5O2/c22-14-3-1-2-4-16(14)31-20(10-17(30-31)21(24,25)26)33-11-19(32)27-18-9-15(28-29-18)12-5-7-13(23)8-6-12/h1-10H,11H2,(H2,27,28,29,32). The number of hydrogen-bond acceptors (Lipinski definition) is 4. The lowest BCUT2D eigenvalue weighted by atomic mass is 10.1. The summed E-state index contributed by atoms with van der Waals surface area (Å²) in [4.78, 5) is 12.3. The number of amides is 1. The zero-order valence-electron chi connectivity index (χ0n) is 16.5. The van der Waals surface area contributed by atoms with Crippen LogP contribution in [0.1, 0.15) is 5.69 Å². The largest absolute Gasteiger partial charge is 0.467 e. The number of carbonyl (C=O) groups excluding carboxylic acids is 1. The number of anilines is 1. The minimum absolute atomic E-state index is 0.148. The molecule has 0 saturated carbocycles. The summed E-state index contributed by atoms with van der Waals surface area (Å²) in [6.07, 6.45) is -4.72. The number of carbonyl (C=O) groups is 1. The van der Waals surface area contributed by atoms with Gasteiger partial charge in [-0.1, -0.05) is 23.7 Å². The second-order valence-electron chi connectivity index (χ2n) is 6.74.